The third-order valence-corrected chi connectivity index (χ3v) is 5.93. The summed E-state index contributed by atoms with van der Waals surface area (Å²) in [6, 6.07) is 7.49. The average Bonchev–Trinajstić information content (AvgIpc) is 2.96. The molecule has 21 heavy (non-hydrogen) atoms. The fourth-order valence-electron chi connectivity index (χ4n) is 2.88. The molecule has 0 amide bonds. The highest BCUT2D eigenvalue weighted by atomic mass is 32.2. The van der Waals surface area contributed by atoms with Crippen molar-refractivity contribution in [3.8, 4) is 5.75 Å². The standard InChI is InChI=1S/C15H20N2O3S/c1-16-9-12-6-7-17(10-12)21(18,19)14-8-13-4-2-3-5-15(13)20-11-14/h2-5,8,12,16H,6-7,9-11H2,1H3. The minimum Gasteiger partial charge on any atom is -0.487 e. The number of para-hydroxylation sites is 1. The summed E-state index contributed by atoms with van der Waals surface area (Å²) in [6.45, 7) is 2.15. The number of fused-ring (bicyclic) bond motifs is 1. The van der Waals surface area contributed by atoms with E-state index in [-0.39, 0.29) is 6.61 Å². The minimum absolute atomic E-state index is 0.118. The molecule has 1 N–H and O–H groups in total. The van der Waals surface area contributed by atoms with Gasteiger partial charge < -0.3 is 10.1 Å². The average molecular weight is 308 g/mol. The number of nitrogens with one attached hydrogen (secondary N) is 1. The molecule has 0 spiro atoms. The van der Waals surface area contributed by atoms with Crippen LogP contribution < -0.4 is 10.1 Å². The smallest absolute Gasteiger partial charge is 0.242 e. The lowest BCUT2D eigenvalue weighted by atomic mass is 10.1. The van der Waals surface area contributed by atoms with Gasteiger partial charge >= 0.3 is 0 Å². The molecule has 2 heterocycles. The Morgan fingerprint density at radius 2 is 2.19 bits per heavy atom. The van der Waals surface area contributed by atoms with Crippen molar-refractivity contribution in [2.45, 2.75) is 6.42 Å². The van der Waals surface area contributed by atoms with Gasteiger partial charge in [-0.25, -0.2) is 8.42 Å². The molecule has 2 aliphatic rings. The van der Waals surface area contributed by atoms with E-state index in [2.05, 4.69) is 5.32 Å². The third-order valence-electron chi connectivity index (χ3n) is 4.02. The van der Waals surface area contributed by atoms with Crippen LogP contribution in [0.25, 0.3) is 6.08 Å². The molecule has 1 aromatic rings. The van der Waals surface area contributed by atoms with Gasteiger partial charge in [0.15, 0.2) is 0 Å². The fraction of sp³-hybridized carbons (Fsp3) is 0.467. The first-order valence-corrected chi connectivity index (χ1v) is 8.62. The van der Waals surface area contributed by atoms with Crippen molar-refractivity contribution in [2.24, 2.45) is 5.92 Å². The van der Waals surface area contributed by atoms with E-state index in [9.17, 15) is 8.42 Å². The Bertz CT molecular complexity index is 655. The van der Waals surface area contributed by atoms with Crippen LogP contribution in [-0.2, 0) is 10.0 Å². The summed E-state index contributed by atoms with van der Waals surface area (Å²) in [5, 5.41) is 3.11. The molecule has 0 bridgehead atoms. The van der Waals surface area contributed by atoms with Crippen molar-refractivity contribution < 1.29 is 13.2 Å². The van der Waals surface area contributed by atoms with E-state index in [4.69, 9.17) is 4.74 Å². The van der Waals surface area contributed by atoms with Gasteiger partial charge in [-0.1, -0.05) is 18.2 Å². The van der Waals surface area contributed by atoms with Crippen LogP contribution in [-0.4, -0.2) is 46.0 Å². The number of sulfonamides is 1. The number of benzene rings is 1. The lowest BCUT2D eigenvalue weighted by molar-refractivity contribution is 0.350. The first-order chi connectivity index (χ1) is 10.1. The Kier molecular flexibility index (Phi) is 4.01. The molecular weight excluding hydrogens is 288 g/mol. The first-order valence-electron chi connectivity index (χ1n) is 7.18. The summed E-state index contributed by atoms with van der Waals surface area (Å²) in [4.78, 5) is 0.353. The van der Waals surface area contributed by atoms with Gasteiger partial charge in [0.2, 0.25) is 10.0 Å². The Labute approximate surface area is 125 Å². The Balaban J connectivity index is 1.82. The van der Waals surface area contributed by atoms with Crippen molar-refractivity contribution in [1.29, 1.82) is 0 Å². The van der Waals surface area contributed by atoms with Crippen molar-refractivity contribution in [2.75, 3.05) is 33.3 Å². The van der Waals surface area contributed by atoms with E-state index >= 15 is 0 Å². The van der Waals surface area contributed by atoms with E-state index in [1.807, 2.05) is 31.3 Å². The van der Waals surface area contributed by atoms with Crippen molar-refractivity contribution >= 4 is 16.1 Å². The molecule has 1 aromatic carbocycles. The highest BCUT2D eigenvalue weighted by molar-refractivity contribution is 7.93. The molecular formula is C15H20N2O3S. The van der Waals surface area contributed by atoms with Gasteiger partial charge in [0.1, 0.15) is 12.4 Å². The van der Waals surface area contributed by atoms with Gasteiger partial charge in [-0.15, -0.1) is 0 Å². The second-order valence-corrected chi connectivity index (χ2v) is 7.50. The highest BCUT2D eigenvalue weighted by Crippen LogP contribution is 2.31. The predicted molar refractivity (Wildman–Crippen MR) is 82.4 cm³/mol. The van der Waals surface area contributed by atoms with Crippen LogP contribution in [0.15, 0.2) is 29.2 Å². The summed E-state index contributed by atoms with van der Waals surface area (Å²) in [7, 11) is -1.52. The molecule has 1 unspecified atom stereocenters. The van der Waals surface area contributed by atoms with Crippen molar-refractivity contribution in [3.63, 3.8) is 0 Å². The maximum atomic E-state index is 12.7. The lowest BCUT2D eigenvalue weighted by Crippen LogP contribution is -2.33. The largest absolute Gasteiger partial charge is 0.487 e. The topological polar surface area (TPSA) is 58.6 Å². The highest BCUT2D eigenvalue weighted by Gasteiger charge is 2.34. The first kappa shape index (κ1) is 14.6. The summed E-state index contributed by atoms with van der Waals surface area (Å²) in [5.74, 6) is 1.13. The van der Waals surface area contributed by atoms with Gasteiger partial charge in [0.05, 0.1) is 4.91 Å². The van der Waals surface area contributed by atoms with Crippen LogP contribution in [0.4, 0.5) is 0 Å². The maximum absolute atomic E-state index is 12.7. The molecule has 114 valence electrons. The summed E-state index contributed by atoms with van der Waals surface area (Å²) < 4.78 is 32.6. The number of nitrogens with zero attached hydrogens (tertiary/aromatic N) is 1. The maximum Gasteiger partial charge on any atom is 0.242 e. The molecule has 0 radical (unpaired) electrons. The monoisotopic (exact) mass is 308 g/mol. The SMILES string of the molecule is CNCC1CCN(S(=O)(=O)C2=Cc3ccccc3OC2)C1. The van der Waals surface area contributed by atoms with Gasteiger partial charge in [0, 0.05) is 18.7 Å². The molecule has 3 rings (SSSR count). The number of hydrogen-bond donors (Lipinski definition) is 1. The summed E-state index contributed by atoms with van der Waals surface area (Å²) in [5.41, 5.74) is 0.827. The second kappa shape index (κ2) is 5.79. The number of rotatable bonds is 4. The van der Waals surface area contributed by atoms with Crippen LogP contribution in [0.5, 0.6) is 5.75 Å². The Morgan fingerprint density at radius 1 is 1.38 bits per heavy atom. The van der Waals surface area contributed by atoms with E-state index in [0.29, 0.717) is 23.9 Å². The van der Waals surface area contributed by atoms with Crippen LogP contribution in [0.3, 0.4) is 0 Å². The zero-order valence-electron chi connectivity index (χ0n) is 12.1. The molecule has 2 aliphatic heterocycles. The van der Waals surface area contributed by atoms with E-state index in [1.54, 1.807) is 10.4 Å². The zero-order valence-corrected chi connectivity index (χ0v) is 12.9. The fourth-order valence-corrected chi connectivity index (χ4v) is 4.45. The van der Waals surface area contributed by atoms with Gasteiger partial charge in [0.25, 0.3) is 0 Å². The number of hydrogen-bond acceptors (Lipinski definition) is 4. The van der Waals surface area contributed by atoms with Gasteiger partial charge in [-0.05, 0) is 38.1 Å². The molecule has 0 aromatic heterocycles. The number of ether oxygens (including phenoxy) is 1. The molecule has 6 heteroatoms. The van der Waals surface area contributed by atoms with Crippen LogP contribution >= 0.6 is 0 Å². The lowest BCUT2D eigenvalue weighted by Gasteiger charge is -2.22. The summed E-state index contributed by atoms with van der Waals surface area (Å²) >= 11 is 0. The van der Waals surface area contributed by atoms with Gasteiger partial charge in [-0.2, -0.15) is 4.31 Å². The molecule has 1 atom stereocenters. The van der Waals surface area contributed by atoms with Crippen LogP contribution in [0, 0.1) is 5.92 Å². The van der Waals surface area contributed by atoms with Crippen molar-refractivity contribution in [3.05, 3.63) is 34.7 Å². The molecule has 5 nitrogen and oxygen atoms in total. The third kappa shape index (κ3) is 2.84. The Morgan fingerprint density at radius 3 is 3.00 bits per heavy atom. The van der Waals surface area contributed by atoms with Crippen LogP contribution in [0.2, 0.25) is 0 Å². The minimum atomic E-state index is -3.41. The second-order valence-electron chi connectivity index (χ2n) is 5.51. The molecule has 0 aliphatic carbocycles. The Hall–Kier alpha value is -1.37. The quantitative estimate of drug-likeness (QED) is 0.910. The molecule has 0 saturated carbocycles. The van der Waals surface area contributed by atoms with E-state index in [1.165, 1.54) is 0 Å². The van der Waals surface area contributed by atoms with E-state index in [0.717, 1.165) is 24.3 Å². The zero-order chi connectivity index (χ0) is 14.9. The predicted octanol–water partition coefficient (Wildman–Crippen LogP) is 1.29. The van der Waals surface area contributed by atoms with Gasteiger partial charge in [-0.3, -0.25) is 0 Å². The van der Waals surface area contributed by atoms with Crippen molar-refractivity contribution in [1.82, 2.24) is 9.62 Å². The summed E-state index contributed by atoms with van der Waals surface area (Å²) in [6.07, 6.45) is 2.64. The van der Waals surface area contributed by atoms with E-state index < -0.39 is 10.0 Å². The molecule has 1 saturated heterocycles. The normalized spacial score (nSPS) is 22.5. The van der Waals surface area contributed by atoms with Crippen LogP contribution in [0.1, 0.15) is 12.0 Å². The molecule has 1 fully saturated rings.